The van der Waals surface area contributed by atoms with Crippen LogP contribution in [0.3, 0.4) is 0 Å². The summed E-state index contributed by atoms with van der Waals surface area (Å²) in [5.74, 6) is -1.06. The lowest BCUT2D eigenvalue weighted by Gasteiger charge is -2.24. The number of alkyl halides is 3. The van der Waals surface area contributed by atoms with Crippen LogP contribution in [0.2, 0.25) is 0 Å². The molecule has 2 bridgehead atoms. The summed E-state index contributed by atoms with van der Waals surface area (Å²) in [7, 11) is 0. The van der Waals surface area contributed by atoms with Crippen molar-refractivity contribution >= 4 is 21.8 Å². The Morgan fingerprint density at radius 2 is 1.62 bits per heavy atom. The summed E-state index contributed by atoms with van der Waals surface area (Å²) >= 11 is 2.11. The first kappa shape index (κ1) is 9.37. The molecule has 2 saturated heterocycles. The maximum Gasteiger partial charge on any atom is 0.377 e. The molecule has 0 unspecified atom stereocenters. The Bertz CT molecular complexity index is 221. The van der Waals surface area contributed by atoms with Crippen LogP contribution in [0.5, 0.6) is 0 Å². The topological polar surface area (TPSA) is 20.3 Å². The third-order valence-electron chi connectivity index (χ3n) is 2.93. The average Bonchev–Trinajstić information content (AvgIpc) is 2.59. The van der Waals surface area contributed by atoms with Crippen LogP contribution in [0.1, 0.15) is 25.7 Å². The van der Waals surface area contributed by atoms with Crippen molar-refractivity contribution in [3.05, 3.63) is 0 Å². The smallest absolute Gasteiger partial charge is 0.331 e. The lowest BCUT2D eigenvalue weighted by Crippen LogP contribution is -2.43. The minimum atomic E-state index is -3.38. The van der Waals surface area contributed by atoms with Crippen molar-refractivity contribution in [1.82, 2.24) is 4.90 Å². The highest BCUT2D eigenvalue weighted by Crippen LogP contribution is 2.40. The molecule has 0 radical (unpaired) electrons. The maximum atomic E-state index is 12.7. The van der Waals surface area contributed by atoms with E-state index in [-0.39, 0.29) is 12.1 Å². The summed E-state index contributed by atoms with van der Waals surface area (Å²) in [6.45, 7) is 0. The predicted octanol–water partition coefficient (Wildman–Crippen LogP) is 2.13. The van der Waals surface area contributed by atoms with E-state index < -0.39 is 10.7 Å². The Hall–Kier alpha value is -0.190. The predicted molar refractivity (Wildman–Crippen MR) is 46.8 cm³/mol. The lowest BCUT2D eigenvalue weighted by atomic mass is 10.0. The van der Waals surface area contributed by atoms with E-state index in [2.05, 4.69) is 15.9 Å². The number of fused-ring (bicyclic) bond motifs is 2. The summed E-state index contributed by atoms with van der Waals surface area (Å²) in [5.41, 5.74) is 0. The molecule has 2 aliphatic rings. The van der Waals surface area contributed by atoms with E-state index in [4.69, 9.17) is 0 Å². The van der Waals surface area contributed by atoms with E-state index in [1.54, 1.807) is 0 Å². The van der Waals surface area contributed by atoms with Crippen LogP contribution >= 0.6 is 15.9 Å². The van der Waals surface area contributed by atoms with Gasteiger partial charge in [-0.3, -0.25) is 4.79 Å². The van der Waals surface area contributed by atoms with E-state index >= 15 is 0 Å². The molecule has 0 spiro atoms. The summed E-state index contributed by atoms with van der Waals surface area (Å²) in [6.07, 6.45) is 3.55. The van der Waals surface area contributed by atoms with Crippen LogP contribution in [0.15, 0.2) is 0 Å². The van der Waals surface area contributed by atoms with Gasteiger partial charge in [0.05, 0.1) is 0 Å². The summed E-state index contributed by atoms with van der Waals surface area (Å²) < 4.78 is 25.3. The number of hydrogen-bond donors (Lipinski definition) is 0. The standard InChI is InChI=1S/C8H10BrF2NO/c9-8(10,11)7(13)12-5-1-2-6(12)4-3-5/h5-6H,1-4H2. The molecule has 2 aliphatic heterocycles. The minimum absolute atomic E-state index is 0.0703. The number of halogens is 3. The molecule has 1 amide bonds. The van der Waals surface area contributed by atoms with Crippen LogP contribution < -0.4 is 0 Å². The highest BCUT2D eigenvalue weighted by atomic mass is 79.9. The van der Waals surface area contributed by atoms with Gasteiger partial charge in [-0.05, 0) is 25.7 Å². The normalized spacial score (nSPS) is 32.7. The molecule has 0 N–H and O–H groups in total. The van der Waals surface area contributed by atoms with Gasteiger partial charge in [-0.1, -0.05) is 0 Å². The highest BCUT2D eigenvalue weighted by molar-refractivity contribution is 9.10. The van der Waals surface area contributed by atoms with Crippen molar-refractivity contribution < 1.29 is 13.6 Å². The quantitative estimate of drug-likeness (QED) is 0.656. The van der Waals surface area contributed by atoms with Crippen LogP contribution in [0.25, 0.3) is 0 Å². The molecule has 0 atom stereocenters. The Kier molecular flexibility index (Phi) is 2.09. The van der Waals surface area contributed by atoms with E-state index in [9.17, 15) is 13.6 Å². The van der Waals surface area contributed by atoms with Gasteiger partial charge in [0, 0.05) is 28.0 Å². The van der Waals surface area contributed by atoms with E-state index in [0.717, 1.165) is 25.7 Å². The third kappa shape index (κ3) is 1.47. The van der Waals surface area contributed by atoms with E-state index in [0.29, 0.717) is 0 Å². The molecular weight excluding hydrogens is 244 g/mol. The molecule has 2 nitrogen and oxygen atoms in total. The highest BCUT2D eigenvalue weighted by Gasteiger charge is 2.49. The van der Waals surface area contributed by atoms with Gasteiger partial charge in [0.15, 0.2) is 0 Å². The Morgan fingerprint density at radius 3 is 1.92 bits per heavy atom. The Labute approximate surface area is 83.4 Å². The second-order valence-electron chi connectivity index (χ2n) is 3.67. The summed E-state index contributed by atoms with van der Waals surface area (Å²) in [6, 6.07) is 0.141. The maximum absolute atomic E-state index is 12.7. The minimum Gasteiger partial charge on any atom is -0.331 e. The van der Waals surface area contributed by atoms with E-state index in [1.807, 2.05) is 0 Å². The Balaban J connectivity index is 2.14. The van der Waals surface area contributed by atoms with Gasteiger partial charge < -0.3 is 4.90 Å². The fourth-order valence-corrected chi connectivity index (χ4v) is 2.60. The molecule has 0 saturated carbocycles. The number of carbonyl (C=O) groups is 1. The van der Waals surface area contributed by atoms with Gasteiger partial charge in [-0.2, -0.15) is 8.78 Å². The van der Waals surface area contributed by atoms with Crippen molar-refractivity contribution in [1.29, 1.82) is 0 Å². The van der Waals surface area contributed by atoms with Crippen LogP contribution in [0, 0.1) is 0 Å². The molecule has 5 heteroatoms. The second kappa shape index (κ2) is 2.90. The molecule has 0 aliphatic carbocycles. The monoisotopic (exact) mass is 253 g/mol. The van der Waals surface area contributed by atoms with Gasteiger partial charge in [-0.15, -0.1) is 0 Å². The lowest BCUT2D eigenvalue weighted by molar-refractivity contribution is -0.146. The average molecular weight is 254 g/mol. The van der Waals surface area contributed by atoms with Crippen molar-refractivity contribution in [2.45, 2.75) is 42.6 Å². The first-order chi connectivity index (χ1) is 6.00. The van der Waals surface area contributed by atoms with Crippen LogP contribution in [-0.2, 0) is 4.79 Å². The number of nitrogens with zero attached hydrogens (tertiary/aromatic N) is 1. The number of hydrogen-bond acceptors (Lipinski definition) is 1. The summed E-state index contributed by atoms with van der Waals surface area (Å²) in [5, 5.41) is 0. The zero-order valence-electron chi connectivity index (χ0n) is 6.97. The van der Waals surface area contributed by atoms with Gasteiger partial charge >= 0.3 is 10.7 Å². The molecule has 2 heterocycles. The summed E-state index contributed by atoms with van der Waals surface area (Å²) in [4.78, 5) is 9.25. The second-order valence-corrected chi connectivity index (χ2v) is 4.67. The van der Waals surface area contributed by atoms with Gasteiger partial charge in [0.1, 0.15) is 0 Å². The third-order valence-corrected chi connectivity index (χ3v) is 3.27. The Morgan fingerprint density at radius 1 is 1.23 bits per heavy atom. The zero-order chi connectivity index (χ0) is 9.64. The fourth-order valence-electron chi connectivity index (χ4n) is 2.39. The van der Waals surface area contributed by atoms with Gasteiger partial charge in [0.2, 0.25) is 0 Å². The number of carbonyl (C=O) groups excluding carboxylic acids is 1. The molecule has 2 fully saturated rings. The van der Waals surface area contributed by atoms with Crippen molar-refractivity contribution in [3.8, 4) is 0 Å². The van der Waals surface area contributed by atoms with Crippen molar-refractivity contribution in [3.63, 3.8) is 0 Å². The zero-order valence-corrected chi connectivity index (χ0v) is 8.56. The first-order valence-electron chi connectivity index (χ1n) is 4.39. The molecule has 2 rings (SSSR count). The SMILES string of the molecule is O=C(N1C2CCC1CC2)C(F)(F)Br. The molecule has 0 aromatic heterocycles. The molecule has 0 aromatic carbocycles. The molecule has 0 aromatic rings. The largest absolute Gasteiger partial charge is 0.377 e. The van der Waals surface area contributed by atoms with Gasteiger partial charge in [0.25, 0.3) is 0 Å². The molecule has 74 valence electrons. The van der Waals surface area contributed by atoms with E-state index in [1.165, 1.54) is 4.90 Å². The van der Waals surface area contributed by atoms with Gasteiger partial charge in [-0.25, -0.2) is 0 Å². The molecular formula is C8H10BrF2NO. The molecule has 13 heavy (non-hydrogen) atoms. The fraction of sp³-hybridized carbons (Fsp3) is 0.875. The van der Waals surface area contributed by atoms with Crippen molar-refractivity contribution in [2.75, 3.05) is 0 Å². The first-order valence-corrected chi connectivity index (χ1v) is 5.19. The van der Waals surface area contributed by atoms with Crippen LogP contribution in [-0.4, -0.2) is 27.7 Å². The number of amides is 1. The number of rotatable bonds is 1. The van der Waals surface area contributed by atoms with Crippen LogP contribution in [0.4, 0.5) is 8.78 Å². The van der Waals surface area contributed by atoms with Crippen molar-refractivity contribution in [2.24, 2.45) is 0 Å².